The molecular weight excluding hydrogens is 324 g/mol. The Morgan fingerprint density at radius 3 is 2.58 bits per heavy atom. The number of nitrogens with one attached hydrogen (secondary N) is 1. The van der Waals surface area contributed by atoms with Crippen LogP contribution in [0.4, 0.5) is 5.95 Å². The Labute approximate surface area is 155 Å². The van der Waals surface area contributed by atoms with Gasteiger partial charge in [0, 0.05) is 43.5 Å². The molecule has 1 aliphatic rings. The van der Waals surface area contributed by atoms with Crippen molar-refractivity contribution >= 4 is 11.9 Å². The molecule has 138 valence electrons. The smallest absolute Gasteiger partial charge is 0.225 e. The number of carbonyl (C=O) groups excluding carboxylic acids is 1. The zero-order valence-electron chi connectivity index (χ0n) is 15.7. The summed E-state index contributed by atoms with van der Waals surface area (Å²) in [4.78, 5) is 23.5. The summed E-state index contributed by atoms with van der Waals surface area (Å²) in [5.41, 5.74) is 3.40. The standard InChI is InChI=1S/C21H28N4O/c1-3-4-10-22-20(26)17-8-11-25(12-9-17)21-23-14-19(15-24-21)18-7-5-6-16(2)13-18/h5-7,13-15,17H,3-4,8-12H2,1-2H3,(H,22,26). The van der Waals surface area contributed by atoms with E-state index in [1.165, 1.54) is 5.56 Å². The van der Waals surface area contributed by atoms with Crippen LogP contribution in [0.3, 0.4) is 0 Å². The fraction of sp³-hybridized carbons (Fsp3) is 0.476. The van der Waals surface area contributed by atoms with E-state index < -0.39 is 0 Å². The van der Waals surface area contributed by atoms with Gasteiger partial charge in [-0.1, -0.05) is 43.2 Å². The summed E-state index contributed by atoms with van der Waals surface area (Å²) >= 11 is 0. The van der Waals surface area contributed by atoms with Gasteiger partial charge in [0.2, 0.25) is 11.9 Å². The van der Waals surface area contributed by atoms with Crippen molar-refractivity contribution in [2.75, 3.05) is 24.5 Å². The van der Waals surface area contributed by atoms with Gasteiger partial charge in [-0.3, -0.25) is 4.79 Å². The second-order valence-corrected chi connectivity index (χ2v) is 7.05. The third kappa shape index (κ3) is 4.59. The number of piperidine rings is 1. The van der Waals surface area contributed by atoms with E-state index in [-0.39, 0.29) is 11.8 Å². The summed E-state index contributed by atoms with van der Waals surface area (Å²) in [5.74, 6) is 1.08. The number of anilines is 1. The predicted octanol–water partition coefficient (Wildman–Crippen LogP) is 3.58. The summed E-state index contributed by atoms with van der Waals surface area (Å²) in [7, 11) is 0. The molecule has 1 N–H and O–H groups in total. The minimum atomic E-state index is 0.120. The number of aromatic nitrogens is 2. The molecule has 2 aromatic rings. The number of hydrogen-bond acceptors (Lipinski definition) is 4. The van der Waals surface area contributed by atoms with Gasteiger partial charge in [-0.25, -0.2) is 9.97 Å². The van der Waals surface area contributed by atoms with Crippen molar-refractivity contribution in [1.29, 1.82) is 0 Å². The van der Waals surface area contributed by atoms with Crippen molar-refractivity contribution in [3.05, 3.63) is 42.2 Å². The van der Waals surface area contributed by atoms with Gasteiger partial charge in [0.1, 0.15) is 0 Å². The Balaban J connectivity index is 1.55. The Hall–Kier alpha value is -2.43. The molecule has 1 fully saturated rings. The Morgan fingerprint density at radius 1 is 1.19 bits per heavy atom. The van der Waals surface area contributed by atoms with E-state index in [0.717, 1.165) is 62.4 Å². The SMILES string of the molecule is CCCCNC(=O)C1CCN(c2ncc(-c3cccc(C)c3)cn2)CC1. The first-order valence-corrected chi connectivity index (χ1v) is 9.59. The number of carbonyl (C=O) groups is 1. The van der Waals surface area contributed by atoms with Gasteiger partial charge in [-0.2, -0.15) is 0 Å². The molecule has 26 heavy (non-hydrogen) atoms. The summed E-state index contributed by atoms with van der Waals surface area (Å²) in [5, 5.41) is 3.05. The quantitative estimate of drug-likeness (QED) is 0.807. The largest absolute Gasteiger partial charge is 0.356 e. The monoisotopic (exact) mass is 352 g/mol. The number of unbranched alkanes of at least 4 members (excludes halogenated alkanes) is 1. The van der Waals surface area contributed by atoms with E-state index in [1.807, 2.05) is 12.4 Å². The normalized spacial score (nSPS) is 15.1. The molecule has 0 bridgehead atoms. The lowest BCUT2D eigenvalue weighted by molar-refractivity contribution is -0.125. The second-order valence-electron chi connectivity index (χ2n) is 7.05. The summed E-state index contributed by atoms with van der Waals surface area (Å²) < 4.78 is 0. The van der Waals surface area contributed by atoms with E-state index in [4.69, 9.17) is 0 Å². The van der Waals surface area contributed by atoms with Crippen LogP contribution in [0.2, 0.25) is 0 Å². The van der Waals surface area contributed by atoms with Crippen molar-refractivity contribution in [3.63, 3.8) is 0 Å². The zero-order valence-corrected chi connectivity index (χ0v) is 15.7. The van der Waals surface area contributed by atoms with Gasteiger partial charge in [0.25, 0.3) is 0 Å². The number of hydrogen-bond donors (Lipinski definition) is 1. The highest BCUT2D eigenvalue weighted by atomic mass is 16.1. The van der Waals surface area contributed by atoms with Crippen LogP contribution in [0.15, 0.2) is 36.7 Å². The molecule has 1 aliphatic heterocycles. The van der Waals surface area contributed by atoms with Crippen molar-refractivity contribution in [1.82, 2.24) is 15.3 Å². The first kappa shape index (κ1) is 18.4. The lowest BCUT2D eigenvalue weighted by Gasteiger charge is -2.31. The minimum absolute atomic E-state index is 0.120. The topological polar surface area (TPSA) is 58.1 Å². The molecule has 2 heterocycles. The summed E-state index contributed by atoms with van der Waals surface area (Å²) in [6.07, 6.45) is 7.66. The predicted molar refractivity (Wildman–Crippen MR) is 105 cm³/mol. The maximum atomic E-state index is 12.2. The van der Waals surface area contributed by atoms with Crippen LogP contribution >= 0.6 is 0 Å². The Morgan fingerprint density at radius 2 is 1.92 bits per heavy atom. The van der Waals surface area contributed by atoms with E-state index in [0.29, 0.717) is 0 Å². The fourth-order valence-electron chi connectivity index (χ4n) is 3.33. The van der Waals surface area contributed by atoms with Gasteiger partial charge < -0.3 is 10.2 Å². The molecule has 5 nitrogen and oxygen atoms in total. The third-order valence-corrected chi connectivity index (χ3v) is 4.97. The van der Waals surface area contributed by atoms with Crippen molar-refractivity contribution in [2.24, 2.45) is 5.92 Å². The maximum absolute atomic E-state index is 12.2. The molecule has 1 saturated heterocycles. The van der Waals surface area contributed by atoms with Crippen LogP contribution in [-0.4, -0.2) is 35.5 Å². The molecule has 0 spiro atoms. The average molecular weight is 352 g/mol. The van der Waals surface area contributed by atoms with Crippen LogP contribution in [0, 0.1) is 12.8 Å². The molecule has 5 heteroatoms. The van der Waals surface area contributed by atoms with Crippen LogP contribution < -0.4 is 10.2 Å². The van der Waals surface area contributed by atoms with Crippen molar-refractivity contribution in [2.45, 2.75) is 39.5 Å². The summed E-state index contributed by atoms with van der Waals surface area (Å²) in [6, 6.07) is 8.35. The minimum Gasteiger partial charge on any atom is -0.356 e. The molecule has 0 saturated carbocycles. The molecule has 0 radical (unpaired) electrons. The fourth-order valence-corrected chi connectivity index (χ4v) is 3.33. The number of benzene rings is 1. The number of rotatable bonds is 6. The lowest BCUT2D eigenvalue weighted by Crippen LogP contribution is -2.41. The van der Waals surface area contributed by atoms with E-state index >= 15 is 0 Å². The molecule has 1 amide bonds. The van der Waals surface area contributed by atoms with Gasteiger partial charge in [0.05, 0.1) is 0 Å². The molecule has 0 aliphatic carbocycles. The number of amides is 1. The first-order valence-electron chi connectivity index (χ1n) is 9.59. The molecule has 1 aromatic carbocycles. The molecule has 3 rings (SSSR count). The van der Waals surface area contributed by atoms with Gasteiger partial charge in [-0.15, -0.1) is 0 Å². The van der Waals surface area contributed by atoms with Gasteiger partial charge in [0.15, 0.2) is 0 Å². The van der Waals surface area contributed by atoms with Crippen LogP contribution in [0.1, 0.15) is 38.2 Å². The van der Waals surface area contributed by atoms with Crippen LogP contribution in [-0.2, 0) is 4.79 Å². The molecule has 0 atom stereocenters. The van der Waals surface area contributed by atoms with Gasteiger partial charge >= 0.3 is 0 Å². The lowest BCUT2D eigenvalue weighted by atomic mass is 9.96. The Kier molecular flexibility index (Phi) is 6.21. The third-order valence-electron chi connectivity index (χ3n) is 4.97. The maximum Gasteiger partial charge on any atom is 0.225 e. The second kappa shape index (κ2) is 8.79. The van der Waals surface area contributed by atoms with E-state index in [2.05, 4.69) is 58.3 Å². The van der Waals surface area contributed by atoms with Crippen molar-refractivity contribution in [3.8, 4) is 11.1 Å². The van der Waals surface area contributed by atoms with Gasteiger partial charge in [-0.05, 0) is 31.7 Å². The van der Waals surface area contributed by atoms with Crippen molar-refractivity contribution < 1.29 is 4.79 Å². The zero-order chi connectivity index (χ0) is 18.4. The van der Waals surface area contributed by atoms with Crippen LogP contribution in [0.5, 0.6) is 0 Å². The molecule has 0 unspecified atom stereocenters. The first-order chi connectivity index (χ1) is 12.7. The molecular formula is C21H28N4O. The number of nitrogens with zero attached hydrogens (tertiary/aromatic N) is 3. The van der Waals surface area contributed by atoms with E-state index in [9.17, 15) is 4.79 Å². The highest BCUT2D eigenvalue weighted by Gasteiger charge is 2.25. The highest BCUT2D eigenvalue weighted by molar-refractivity contribution is 5.78. The Bertz CT molecular complexity index is 721. The molecule has 1 aromatic heterocycles. The van der Waals surface area contributed by atoms with Crippen LogP contribution in [0.25, 0.3) is 11.1 Å². The van der Waals surface area contributed by atoms with E-state index in [1.54, 1.807) is 0 Å². The highest BCUT2D eigenvalue weighted by Crippen LogP contribution is 2.23. The average Bonchev–Trinajstić information content (AvgIpc) is 2.68. The summed E-state index contributed by atoms with van der Waals surface area (Å²) in [6.45, 7) is 6.67. The number of aryl methyl sites for hydroxylation is 1.